The van der Waals surface area contributed by atoms with Gasteiger partial charge in [-0.25, -0.2) is 9.37 Å². The Morgan fingerprint density at radius 3 is 3.04 bits per heavy atom. The number of anilines is 1. The highest BCUT2D eigenvalue weighted by atomic mass is 32.2. The van der Waals surface area contributed by atoms with E-state index in [9.17, 15) is 9.18 Å². The first-order valence-corrected chi connectivity index (χ1v) is 8.41. The molecule has 120 valence electrons. The van der Waals surface area contributed by atoms with Crippen molar-refractivity contribution in [3.8, 4) is 0 Å². The van der Waals surface area contributed by atoms with E-state index in [0.717, 1.165) is 0 Å². The number of carbonyl (C=O) groups excluding carboxylic acids is 1. The molecule has 0 saturated carbocycles. The number of aromatic nitrogens is 4. The van der Waals surface area contributed by atoms with Crippen molar-refractivity contribution in [3.63, 3.8) is 0 Å². The highest BCUT2D eigenvalue weighted by molar-refractivity contribution is 8.01. The number of hydrogen-bond donors (Lipinski definition) is 2. The lowest BCUT2D eigenvalue weighted by molar-refractivity contribution is -0.127. The van der Waals surface area contributed by atoms with Gasteiger partial charge in [-0.2, -0.15) is 0 Å². The van der Waals surface area contributed by atoms with Gasteiger partial charge in [0.25, 0.3) is 0 Å². The molecule has 23 heavy (non-hydrogen) atoms. The molecule has 1 amide bonds. The maximum atomic E-state index is 13.2. The second kappa shape index (κ2) is 6.50. The monoisotopic (exact) mass is 352 g/mol. The molecule has 2 aromatic heterocycles. The number of imidazole rings is 1. The van der Waals surface area contributed by atoms with Crippen LogP contribution in [0.5, 0.6) is 0 Å². The Bertz CT molecular complexity index is 848. The van der Waals surface area contributed by atoms with Crippen molar-refractivity contribution in [2.75, 3.05) is 18.5 Å². The topological polar surface area (TPSA) is 101 Å². The first kappa shape index (κ1) is 15.7. The number of aromatic amines is 1. The molecule has 0 fully saturated rings. The van der Waals surface area contributed by atoms with Crippen LogP contribution in [-0.2, 0) is 11.3 Å². The van der Waals surface area contributed by atoms with E-state index in [0.29, 0.717) is 32.9 Å². The minimum Gasteiger partial charge on any atom is -0.374 e. The van der Waals surface area contributed by atoms with Crippen LogP contribution in [0.3, 0.4) is 0 Å². The number of amides is 1. The zero-order valence-corrected chi connectivity index (χ0v) is 13.7. The molecule has 10 heteroatoms. The summed E-state index contributed by atoms with van der Waals surface area (Å²) in [6.45, 7) is 0.313. The van der Waals surface area contributed by atoms with E-state index in [2.05, 4.69) is 20.2 Å². The van der Waals surface area contributed by atoms with Gasteiger partial charge in [0.15, 0.2) is 4.34 Å². The highest BCUT2D eigenvalue weighted by Crippen LogP contribution is 2.23. The molecule has 0 radical (unpaired) electrons. The minimum atomic E-state index is -0.329. The van der Waals surface area contributed by atoms with Crippen molar-refractivity contribution in [2.24, 2.45) is 0 Å². The Morgan fingerprint density at radius 1 is 1.48 bits per heavy atom. The van der Waals surface area contributed by atoms with Crippen LogP contribution in [0.2, 0.25) is 0 Å². The average molecular weight is 352 g/mol. The Balaban J connectivity index is 1.60. The number of hydrogen-bond acceptors (Lipinski definition) is 7. The van der Waals surface area contributed by atoms with Crippen LogP contribution in [0.25, 0.3) is 11.0 Å². The number of H-pyrrole nitrogens is 1. The second-order valence-corrected chi connectivity index (χ2v) is 7.02. The first-order chi connectivity index (χ1) is 11.0. The molecule has 0 aliphatic rings. The van der Waals surface area contributed by atoms with Crippen LogP contribution in [0.1, 0.15) is 5.82 Å². The van der Waals surface area contributed by atoms with Crippen molar-refractivity contribution in [1.82, 2.24) is 25.1 Å². The van der Waals surface area contributed by atoms with Gasteiger partial charge in [-0.1, -0.05) is 23.1 Å². The number of fused-ring (bicyclic) bond motifs is 1. The van der Waals surface area contributed by atoms with Crippen LogP contribution in [0.4, 0.5) is 9.52 Å². The summed E-state index contributed by atoms with van der Waals surface area (Å²) < 4.78 is 13.8. The molecule has 0 unspecified atom stereocenters. The third kappa shape index (κ3) is 3.77. The summed E-state index contributed by atoms with van der Waals surface area (Å²) in [5.41, 5.74) is 6.77. The van der Waals surface area contributed by atoms with Gasteiger partial charge in [-0.15, -0.1) is 10.2 Å². The number of nitrogens with one attached hydrogen (secondary N) is 1. The zero-order chi connectivity index (χ0) is 16.4. The number of benzene rings is 1. The van der Waals surface area contributed by atoms with Crippen molar-refractivity contribution in [1.29, 1.82) is 0 Å². The quantitative estimate of drug-likeness (QED) is 0.680. The maximum absolute atomic E-state index is 13.2. The molecule has 7 nitrogen and oxygen atoms in total. The lowest BCUT2D eigenvalue weighted by atomic mass is 10.3. The number of halogens is 1. The smallest absolute Gasteiger partial charge is 0.233 e. The normalized spacial score (nSPS) is 11.0. The van der Waals surface area contributed by atoms with E-state index in [1.165, 1.54) is 35.2 Å². The van der Waals surface area contributed by atoms with E-state index >= 15 is 0 Å². The summed E-state index contributed by atoms with van der Waals surface area (Å²) in [6.07, 6.45) is 0. The lowest BCUT2D eigenvalue weighted by Gasteiger charge is -2.14. The summed E-state index contributed by atoms with van der Waals surface area (Å²) in [6, 6.07) is 4.33. The lowest BCUT2D eigenvalue weighted by Crippen LogP contribution is -2.28. The van der Waals surface area contributed by atoms with Gasteiger partial charge in [-0.3, -0.25) is 4.79 Å². The van der Waals surface area contributed by atoms with E-state index < -0.39 is 0 Å². The van der Waals surface area contributed by atoms with Gasteiger partial charge in [0, 0.05) is 7.05 Å². The van der Waals surface area contributed by atoms with Crippen LogP contribution in [0.15, 0.2) is 22.5 Å². The fraction of sp³-hybridized carbons (Fsp3) is 0.231. The van der Waals surface area contributed by atoms with Crippen LogP contribution >= 0.6 is 23.1 Å². The van der Waals surface area contributed by atoms with Crippen molar-refractivity contribution in [2.45, 2.75) is 10.9 Å². The van der Waals surface area contributed by atoms with Gasteiger partial charge in [0.2, 0.25) is 11.0 Å². The van der Waals surface area contributed by atoms with E-state index in [4.69, 9.17) is 5.73 Å². The van der Waals surface area contributed by atoms with Crippen molar-refractivity contribution in [3.05, 3.63) is 29.8 Å². The van der Waals surface area contributed by atoms with Crippen LogP contribution < -0.4 is 5.73 Å². The Kier molecular flexibility index (Phi) is 4.44. The van der Waals surface area contributed by atoms with Crippen molar-refractivity contribution < 1.29 is 9.18 Å². The van der Waals surface area contributed by atoms with Gasteiger partial charge in [0.05, 0.1) is 23.3 Å². The Morgan fingerprint density at radius 2 is 2.30 bits per heavy atom. The van der Waals surface area contributed by atoms with Crippen LogP contribution in [0, 0.1) is 5.82 Å². The van der Waals surface area contributed by atoms with E-state index in [-0.39, 0.29) is 17.5 Å². The second-order valence-electron chi connectivity index (χ2n) is 4.79. The van der Waals surface area contributed by atoms with E-state index in [1.807, 2.05) is 0 Å². The molecule has 3 N–H and O–H groups in total. The molecule has 2 heterocycles. The average Bonchev–Trinajstić information content (AvgIpc) is 3.09. The number of nitrogens with zero attached hydrogens (tertiary/aromatic N) is 4. The van der Waals surface area contributed by atoms with Gasteiger partial charge in [0.1, 0.15) is 11.6 Å². The highest BCUT2D eigenvalue weighted by Gasteiger charge is 2.14. The SMILES string of the molecule is CN(Cc1nc2ccc(F)cc2[nH]1)C(=O)CSc1nnc(N)s1. The summed E-state index contributed by atoms with van der Waals surface area (Å²) in [5.74, 6) is 0.437. The predicted molar refractivity (Wildman–Crippen MR) is 87.6 cm³/mol. The number of carbonyl (C=O) groups is 1. The molecular formula is C13H13FN6OS2. The van der Waals surface area contributed by atoms with Gasteiger partial charge < -0.3 is 15.6 Å². The fourth-order valence-electron chi connectivity index (χ4n) is 1.93. The molecule has 0 spiro atoms. The largest absolute Gasteiger partial charge is 0.374 e. The van der Waals surface area contributed by atoms with Gasteiger partial charge in [-0.05, 0) is 18.2 Å². The number of nitrogen functional groups attached to an aromatic ring is 1. The molecule has 3 rings (SSSR count). The standard InChI is InChI=1S/C13H13FN6OS2/c1-20(11(21)6-22-13-19-18-12(15)23-13)5-10-16-8-3-2-7(14)4-9(8)17-10/h2-4H,5-6H2,1H3,(H2,15,18)(H,16,17). The summed E-state index contributed by atoms with van der Waals surface area (Å²) >= 11 is 2.53. The maximum Gasteiger partial charge on any atom is 0.233 e. The minimum absolute atomic E-state index is 0.0737. The third-order valence-electron chi connectivity index (χ3n) is 3.05. The summed E-state index contributed by atoms with van der Waals surface area (Å²) in [4.78, 5) is 21.0. The summed E-state index contributed by atoms with van der Waals surface area (Å²) in [7, 11) is 1.69. The van der Waals surface area contributed by atoms with Crippen molar-refractivity contribution >= 4 is 45.2 Å². The number of thioether (sulfide) groups is 1. The molecule has 0 aliphatic heterocycles. The van der Waals surface area contributed by atoms with E-state index in [1.54, 1.807) is 18.0 Å². The number of nitrogens with two attached hydrogens (primary N) is 1. The van der Waals surface area contributed by atoms with Crippen LogP contribution in [-0.4, -0.2) is 43.8 Å². The molecular weight excluding hydrogens is 339 g/mol. The van der Waals surface area contributed by atoms with Gasteiger partial charge >= 0.3 is 0 Å². The molecule has 1 aromatic carbocycles. The predicted octanol–water partition coefficient (Wildman–Crippen LogP) is 1.89. The Hall–Kier alpha value is -2.20. The molecule has 0 saturated heterocycles. The number of rotatable bonds is 5. The third-order valence-corrected chi connectivity index (χ3v) is 4.92. The molecule has 0 bridgehead atoms. The molecule has 0 atom stereocenters. The first-order valence-electron chi connectivity index (χ1n) is 6.61. The fourth-order valence-corrected chi connectivity index (χ4v) is 3.51. The Labute approximate surface area is 139 Å². The molecule has 3 aromatic rings. The zero-order valence-electron chi connectivity index (χ0n) is 12.1. The summed E-state index contributed by atoms with van der Waals surface area (Å²) in [5, 5.41) is 7.92. The molecule has 0 aliphatic carbocycles.